The molecule has 2 nitrogen and oxygen atoms in total. The van der Waals surface area contributed by atoms with Gasteiger partial charge in [0, 0.05) is 10.4 Å². The van der Waals surface area contributed by atoms with Crippen molar-refractivity contribution >= 4 is 21.7 Å². The summed E-state index contributed by atoms with van der Waals surface area (Å²) in [6.07, 6.45) is 0. The lowest BCUT2D eigenvalue weighted by molar-refractivity contribution is -0.122. The van der Waals surface area contributed by atoms with Crippen LogP contribution < -0.4 is 0 Å². The van der Waals surface area contributed by atoms with Crippen LogP contribution >= 0.6 is 15.9 Å². The number of hydrogen-bond donors (Lipinski definition) is 0. The first-order valence-corrected chi connectivity index (χ1v) is 5.54. The Morgan fingerprint density at radius 2 is 2.13 bits per heavy atom. The third-order valence-corrected chi connectivity index (χ3v) is 2.66. The first kappa shape index (κ1) is 11.9. The second-order valence-corrected chi connectivity index (χ2v) is 4.59. The fourth-order valence-corrected chi connectivity index (χ4v) is 1.74. The molecule has 0 saturated carbocycles. The molecule has 0 heterocycles. The number of ketones is 1. The summed E-state index contributed by atoms with van der Waals surface area (Å²) in [5.74, 6) is -0.799. The van der Waals surface area contributed by atoms with Gasteiger partial charge in [-0.2, -0.15) is 5.26 Å². The first-order valence-electron chi connectivity index (χ1n) is 4.75. The molecule has 0 aliphatic carbocycles. The van der Waals surface area contributed by atoms with Gasteiger partial charge >= 0.3 is 0 Å². The summed E-state index contributed by atoms with van der Waals surface area (Å²) in [4.78, 5) is 11.7. The Kier molecular flexibility index (Phi) is 4.05. The zero-order chi connectivity index (χ0) is 11.4. The summed E-state index contributed by atoms with van der Waals surface area (Å²) in [5, 5.41) is 9.00. The summed E-state index contributed by atoms with van der Waals surface area (Å²) in [6, 6.07) is 9.38. The van der Waals surface area contributed by atoms with E-state index in [4.69, 9.17) is 5.26 Å². The molecule has 0 saturated heterocycles. The smallest absolute Gasteiger partial charge is 0.156 e. The average molecular weight is 266 g/mol. The molecule has 1 aromatic carbocycles. The number of nitriles is 1. The largest absolute Gasteiger partial charge is 0.298 e. The number of hydrogen-bond acceptors (Lipinski definition) is 2. The Hall–Kier alpha value is -1.14. The third-order valence-electron chi connectivity index (χ3n) is 2.16. The number of nitrogens with zero attached hydrogens (tertiary/aromatic N) is 1. The van der Waals surface area contributed by atoms with Crippen LogP contribution in [0.25, 0.3) is 0 Å². The van der Waals surface area contributed by atoms with Gasteiger partial charge in [-0.15, -0.1) is 0 Å². The van der Waals surface area contributed by atoms with Gasteiger partial charge in [-0.3, -0.25) is 4.79 Å². The van der Waals surface area contributed by atoms with Crippen LogP contribution in [0.1, 0.15) is 25.3 Å². The molecule has 1 unspecified atom stereocenters. The molecule has 3 heteroatoms. The quantitative estimate of drug-likeness (QED) is 0.842. The van der Waals surface area contributed by atoms with Crippen molar-refractivity contribution in [2.45, 2.75) is 19.8 Å². The molecule has 1 aromatic rings. The van der Waals surface area contributed by atoms with E-state index in [1.807, 2.05) is 32.0 Å². The van der Waals surface area contributed by atoms with Crippen LogP contribution in [-0.4, -0.2) is 5.78 Å². The minimum Gasteiger partial charge on any atom is -0.298 e. The average Bonchev–Trinajstić information content (AvgIpc) is 2.18. The minimum atomic E-state index is -0.650. The maximum atomic E-state index is 11.7. The maximum absolute atomic E-state index is 11.7. The number of carbonyl (C=O) groups excluding carboxylic acids is 1. The molecule has 78 valence electrons. The lowest BCUT2D eigenvalue weighted by atomic mass is 9.90. The van der Waals surface area contributed by atoms with E-state index in [9.17, 15) is 4.79 Å². The van der Waals surface area contributed by atoms with Gasteiger partial charge in [0.25, 0.3) is 0 Å². The van der Waals surface area contributed by atoms with Crippen molar-refractivity contribution in [2.24, 2.45) is 5.92 Å². The van der Waals surface area contributed by atoms with Crippen LogP contribution in [0.5, 0.6) is 0 Å². The van der Waals surface area contributed by atoms with Gasteiger partial charge in [-0.25, -0.2) is 0 Å². The highest BCUT2D eigenvalue weighted by Crippen LogP contribution is 2.22. The molecule has 15 heavy (non-hydrogen) atoms. The molecule has 0 aromatic heterocycles. The summed E-state index contributed by atoms with van der Waals surface area (Å²) < 4.78 is 0.886. The molecule has 0 aliphatic rings. The summed E-state index contributed by atoms with van der Waals surface area (Å²) in [5.41, 5.74) is 0.755. The molecular formula is C12H12BrNO. The zero-order valence-electron chi connectivity index (χ0n) is 8.70. The first-order chi connectivity index (χ1) is 7.06. The van der Waals surface area contributed by atoms with Crippen LogP contribution in [0.4, 0.5) is 0 Å². The van der Waals surface area contributed by atoms with Crippen LogP contribution in [-0.2, 0) is 4.79 Å². The molecule has 0 spiro atoms. The second kappa shape index (κ2) is 5.09. The van der Waals surface area contributed by atoms with E-state index in [2.05, 4.69) is 22.0 Å². The Labute approximate surface area is 98.0 Å². The van der Waals surface area contributed by atoms with E-state index in [0.29, 0.717) is 0 Å². The monoisotopic (exact) mass is 265 g/mol. The molecule has 0 aliphatic heterocycles. The highest BCUT2D eigenvalue weighted by molar-refractivity contribution is 9.10. The zero-order valence-corrected chi connectivity index (χ0v) is 10.3. The molecule has 1 atom stereocenters. The molecule has 1 rings (SSSR count). The van der Waals surface area contributed by atoms with Crippen LogP contribution in [0.15, 0.2) is 28.7 Å². The lowest BCUT2D eigenvalue weighted by Gasteiger charge is -2.11. The van der Waals surface area contributed by atoms with E-state index in [1.54, 1.807) is 6.07 Å². The van der Waals surface area contributed by atoms with Gasteiger partial charge in [0.1, 0.15) is 5.92 Å². The van der Waals surface area contributed by atoms with Crippen LogP contribution in [0.3, 0.4) is 0 Å². The SMILES string of the molecule is CC(C)C(=O)C(C#N)c1cccc(Br)c1. The Morgan fingerprint density at radius 1 is 1.47 bits per heavy atom. The van der Waals surface area contributed by atoms with Gasteiger partial charge in [0.05, 0.1) is 6.07 Å². The molecule has 0 radical (unpaired) electrons. The predicted molar refractivity (Wildman–Crippen MR) is 62.3 cm³/mol. The Balaban J connectivity index is 3.04. The number of benzene rings is 1. The molecule has 0 N–H and O–H groups in total. The number of carbonyl (C=O) groups is 1. The fraction of sp³-hybridized carbons (Fsp3) is 0.333. The van der Waals surface area contributed by atoms with E-state index in [0.717, 1.165) is 10.0 Å². The topological polar surface area (TPSA) is 40.9 Å². The number of Topliss-reactive ketones (excluding diaryl/α,β-unsaturated/α-hetero) is 1. The standard InChI is InChI=1S/C12H12BrNO/c1-8(2)12(15)11(7-14)9-4-3-5-10(13)6-9/h3-6,8,11H,1-2H3. The summed E-state index contributed by atoms with van der Waals surface area (Å²) >= 11 is 3.33. The predicted octanol–water partition coefficient (Wildman–Crippen LogP) is 3.28. The van der Waals surface area contributed by atoms with Gasteiger partial charge in [0.15, 0.2) is 5.78 Å². The van der Waals surface area contributed by atoms with Crippen LogP contribution in [0.2, 0.25) is 0 Å². The van der Waals surface area contributed by atoms with Gasteiger partial charge in [-0.05, 0) is 17.7 Å². The lowest BCUT2D eigenvalue weighted by Crippen LogP contribution is -2.16. The fourth-order valence-electron chi connectivity index (χ4n) is 1.32. The molecule has 0 fully saturated rings. The maximum Gasteiger partial charge on any atom is 0.156 e. The second-order valence-electron chi connectivity index (χ2n) is 3.67. The highest BCUT2D eigenvalue weighted by atomic mass is 79.9. The van der Waals surface area contributed by atoms with Crippen LogP contribution in [0, 0.1) is 17.2 Å². The van der Waals surface area contributed by atoms with Crippen molar-refractivity contribution < 1.29 is 4.79 Å². The third kappa shape index (κ3) is 2.90. The molecule has 0 bridgehead atoms. The molecular weight excluding hydrogens is 254 g/mol. The summed E-state index contributed by atoms with van der Waals surface area (Å²) in [7, 11) is 0. The number of halogens is 1. The Morgan fingerprint density at radius 3 is 2.60 bits per heavy atom. The van der Waals surface area contributed by atoms with Crippen molar-refractivity contribution in [2.75, 3.05) is 0 Å². The van der Waals surface area contributed by atoms with Gasteiger partial charge in [0.2, 0.25) is 0 Å². The summed E-state index contributed by atoms with van der Waals surface area (Å²) in [6.45, 7) is 3.62. The normalized spacial score (nSPS) is 12.2. The minimum absolute atomic E-state index is 0.0319. The molecule has 0 amide bonds. The van der Waals surface area contributed by atoms with E-state index in [1.165, 1.54) is 0 Å². The van der Waals surface area contributed by atoms with Gasteiger partial charge in [-0.1, -0.05) is 41.9 Å². The van der Waals surface area contributed by atoms with Crippen molar-refractivity contribution in [3.8, 4) is 6.07 Å². The van der Waals surface area contributed by atoms with Crippen molar-refractivity contribution in [1.82, 2.24) is 0 Å². The van der Waals surface area contributed by atoms with Crippen molar-refractivity contribution in [3.05, 3.63) is 34.3 Å². The van der Waals surface area contributed by atoms with E-state index < -0.39 is 5.92 Å². The number of rotatable bonds is 3. The van der Waals surface area contributed by atoms with Crippen molar-refractivity contribution in [3.63, 3.8) is 0 Å². The van der Waals surface area contributed by atoms with Crippen molar-refractivity contribution in [1.29, 1.82) is 5.26 Å². The van der Waals surface area contributed by atoms with E-state index >= 15 is 0 Å². The van der Waals surface area contributed by atoms with E-state index in [-0.39, 0.29) is 11.7 Å². The van der Waals surface area contributed by atoms with Gasteiger partial charge < -0.3 is 0 Å². The highest BCUT2D eigenvalue weighted by Gasteiger charge is 2.22. The Bertz CT molecular complexity index is 406.